The van der Waals surface area contributed by atoms with Gasteiger partial charge in [-0.1, -0.05) is 18.2 Å². The molecule has 0 saturated carbocycles. The van der Waals surface area contributed by atoms with Crippen molar-refractivity contribution in [3.05, 3.63) is 52.5 Å². The second-order valence-electron chi connectivity index (χ2n) is 3.50. The summed E-state index contributed by atoms with van der Waals surface area (Å²) >= 11 is 5.45. The molecule has 16 heavy (non-hydrogen) atoms. The third-order valence-corrected chi connectivity index (χ3v) is 4.53. The van der Waals surface area contributed by atoms with Gasteiger partial charge >= 0.3 is 0 Å². The number of imidazole rings is 1. The van der Waals surface area contributed by atoms with Crippen LogP contribution in [0.15, 0.2) is 46.2 Å². The van der Waals surface area contributed by atoms with Crippen molar-refractivity contribution in [3.8, 4) is 0 Å². The Labute approximate surface area is 106 Å². The zero-order chi connectivity index (χ0) is 11.0. The molecule has 1 aliphatic rings. The van der Waals surface area contributed by atoms with Gasteiger partial charge in [0, 0.05) is 26.9 Å². The molecule has 1 aliphatic heterocycles. The van der Waals surface area contributed by atoms with Gasteiger partial charge in [0.05, 0.1) is 12.0 Å². The Hall–Kier alpha value is -1.00. The van der Waals surface area contributed by atoms with Crippen molar-refractivity contribution in [1.82, 2.24) is 9.97 Å². The molecule has 3 rings (SSSR count). The minimum atomic E-state index is 0.998. The molecule has 80 valence electrons. The molecular weight excluding hydrogens is 284 g/mol. The minimum absolute atomic E-state index is 0.998. The second-order valence-corrected chi connectivity index (χ2v) is 5.38. The first kappa shape index (κ1) is 10.2. The van der Waals surface area contributed by atoms with E-state index in [1.807, 2.05) is 18.0 Å². The number of halogens is 1. The lowest BCUT2D eigenvalue weighted by atomic mass is 10.0. The van der Waals surface area contributed by atoms with Gasteiger partial charge in [-0.2, -0.15) is 0 Å². The Morgan fingerprint density at radius 3 is 3.12 bits per heavy atom. The van der Waals surface area contributed by atoms with Crippen molar-refractivity contribution in [2.75, 3.05) is 5.75 Å². The van der Waals surface area contributed by atoms with E-state index < -0.39 is 0 Å². The fraction of sp³-hybridized carbons (Fsp3) is 0.0833. The van der Waals surface area contributed by atoms with Gasteiger partial charge in [-0.25, -0.2) is 4.98 Å². The number of H-pyrrole nitrogens is 1. The molecule has 0 bridgehead atoms. The largest absolute Gasteiger partial charge is 0.351 e. The van der Waals surface area contributed by atoms with E-state index in [1.165, 1.54) is 16.0 Å². The summed E-state index contributed by atoms with van der Waals surface area (Å²) in [5, 5.41) is 0. The molecule has 2 aromatic rings. The molecule has 4 heteroatoms. The number of nitrogens with one attached hydrogen (secondary N) is 1. The number of fused-ring (bicyclic) bond motifs is 1. The fourth-order valence-corrected chi connectivity index (χ4v) is 3.50. The summed E-state index contributed by atoms with van der Waals surface area (Å²) in [6.07, 6.45) is 5.89. The van der Waals surface area contributed by atoms with Crippen LogP contribution in [0.1, 0.15) is 11.3 Å². The normalized spacial score (nSPS) is 14.4. The molecule has 0 spiro atoms. The summed E-state index contributed by atoms with van der Waals surface area (Å²) in [5.41, 5.74) is 3.49. The summed E-state index contributed by atoms with van der Waals surface area (Å²) in [6, 6.07) is 6.29. The molecule has 0 saturated heterocycles. The van der Waals surface area contributed by atoms with Crippen LogP contribution in [0, 0.1) is 0 Å². The van der Waals surface area contributed by atoms with Crippen LogP contribution in [0.2, 0.25) is 0 Å². The smallest absolute Gasteiger partial charge is 0.0927 e. The predicted molar refractivity (Wildman–Crippen MR) is 70.5 cm³/mol. The Balaban J connectivity index is 2.17. The molecule has 2 heterocycles. The molecule has 2 nitrogen and oxygen atoms in total. The predicted octanol–water partition coefficient (Wildman–Crippen LogP) is 3.71. The first-order valence-electron chi connectivity index (χ1n) is 4.97. The maximum Gasteiger partial charge on any atom is 0.0927 e. The lowest BCUT2D eigenvalue weighted by Gasteiger charge is -2.17. The summed E-state index contributed by atoms with van der Waals surface area (Å²) in [6.45, 7) is 0. The quantitative estimate of drug-likeness (QED) is 0.868. The number of nitrogens with zero attached hydrogens (tertiary/aromatic N) is 1. The van der Waals surface area contributed by atoms with E-state index in [2.05, 4.69) is 50.2 Å². The van der Waals surface area contributed by atoms with Crippen molar-refractivity contribution >= 4 is 33.3 Å². The van der Waals surface area contributed by atoms with E-state index in [9.17, 15) is 0 Å². The van der Waals surface area contributed by atoms with Gasteiger partial charge in [-0.3, -0.25) is 0 Å². The molecule has 0 amide bonds. The van der Waals surface area contributed by atoms with Crippen LogP contribution in [0.5, 0.6) is 0 Å². The Bertz CT molecular complexity index is 546. The van der Waals surface area contributed by atoms with Crippen molar-refractivity contribution in [1.29, 1.82) is 0 Å². The van der Waals surface area contributed by atoms with E-state index in [0.717, 1.165) is 15.9 Å². The van der Waals surface area contributed by atoms with Gasteiger partial charge in [-0.05, 0) is 27.6 Å². The molecule has 0 radical (unpaired) electrons. The highest BCUT2D eigenvalue weighted by atomic mass is 79.9. The van der Waals surface area contributed by atoms with Crippen LogP contribution in [-0.2, 0) is 0 Å². The highest BCUT2D eigenvalue weighted by molar-refractivity contribution is 9.10. The average Bonchev–Trinajstić information content (AvgIpc) is 2.82. The Morgan fingerprint density at radius 1 is 1.38 bits per heavy atom. The molecule has 1 aromatic carbocycles. The first-order chi connectivity index (χ1) is 7.86. The number of aromatic nitrogens is 2. The number of rotatable bonds is 1. The van der Waals surface area contributed by atoms with Gasteiger partial charge in [0.25, 0.3) is 0 Å². The highest BCUT2D eigenvalue weighted by Gasteiger charge is 2.17. The van der Waals surface area contributed by atoms with E-state index in [1.54, 1.807) is 6.33 Å². The van der Waals surface area contributed by atoms with Gasteiger partial charge in [0.2, 0.25) is 0 Å². The van der Waals surface area contributed by atoms with Crippen molar-refractivity contribution in [3.63, 3.8) is 0 Å². The number of benzene rings is 1. The molecule has 1 N–H and O–H groups in total. The average molecular weight is 293 g/mol. The Kier molecular flexibility index (Phi) is 2.61. The van der Waals surface area contributed by atoms with Crippen LogP contribution in [0.4, 0.5) is 0 Å². The zero-order valence-corrected chi connectivity index (χ0v) is 10.8. The standard InChI is InChI=1S/C12H9BrN2S/c13-10-3-1-2-9-8(4-5-16-12(9)10)11-6-14-7-15-11/h1-4,6-7H,5H2,(H,14,15). The maximum absolute atomic E-state index is 4.32. The topological polar surface area (TPSA) is 28.7 Å². The first-order valence-corrected chi connectivity index (χ1v) is 6.75. The zero-order valence-electron chi connectivity index (χ0n) is 8.40. The number of thioether (sulfide) groups is 1. The number of hydrogen-bond acceptors (Lipinski definition) is 2. The highest BCUT2D eigenvalue weighted by Crippen LogP contribution is 2.40. The summed E-state index contributed by atoms with van der Waals surface area (Å²) in [4.78, 5) is 8.63. The molecule has 0 fully saturated rings. The van der Waals surface area contributed by atoms with Crippen LogP contribution < -0.4 is 0 Å². The van der Waals surface area contributed by atoms with Gasteiger partial charge in [-0.15, -0.1) is 11.8 Å². The van der Waals surface area contributed by atoms with E-state index >= 15 is 0 Å². The van der Waals surface area contributed by atoms with Crippen molar-refractivity contribution in [2.45, 2.75) is 4.90 Å². The minimum Gasteiger partial charge on any atom is -0.351 e. The van der Waals surface area contributed by atoms with Crippen molar-refractivity contribution < 1.29 is 0 Å². The van der Waals surface area contributed by atoms with Crippen LogP contribution in [-0.4, -0.2) is 15.7 Å². The summed E-state index contributed by atoms with van der Waals surface area (Å²) in [7, 11) is 0. The second kappa shape index (κ2) is 4.11. The molecule has 1 aromatic heterocycles. The third-order valence-electron chi connectivity index (χ3n) is 2.55. The fourth-order valence-electron chi connectivity index (χ4n) is 1.84. The maximum atomic E-state index is 4.32. The molecular formula is C12H9BrN2S. The molecule has 0 aliphatic carbocycles. The van der Waals surface area contributed by atoms with E-state index in [4.69, 9.17) is 0 Å². The van der Waals surface area contributed by atoms with Gasteiger partial charge < -0.3 is 4.98 Å². The lowest BCUT2D eigenvalue weighted by Crippen LogP contribution is -1.97. The SMILES string of the molecule is Brc1cccc2c1SCC=C2c1c[nH]cn1. The number of hydrogen-bond donors (Lipinski definition) is 1. The van der Waals surface area contributed by atoms with E-state index in [0.29, 0.717) is 0 Å². The van der Waals surface area contributed by atoms with Crippen LogP contribution >= 0.6 is 27.7 Å². The monoisotopic (exact) mass is 292 g/mol. The number of aromatic amines is 1. The van der Waals surface area contributed by atoms with E-state index in [-0.39, 0.29) is 0 Å². The van der Waals surface area contributed by atoms with Crippen LogP contribution in [0.25, 0.3) is 5.57 Å². The van der Waals surface area contributed by atoms with Crippen molar-refractivity contribution in [2.24, 2.45) is 0 Å². The van der Waals surface area contributed by atoms with Crippen LogP contribution in [0.3, 0.4) is 0 Å². The Morgan fingerprint density at radius 2 is 2.31 bits per heavy atom. The summed E-state index contributed by atoms with van der Waals surface area (Å²) < 4.78 is 1.16. The van der Waals surface area contributed by atoms with Gasteiger partial charge in [0.1, 0.15) is 0 Å². The lowest BCUT2D eigenvalue weighted by molar-refractivity contribution is 1.27. The molecule has 0 unspecified atom stereocenters. The van der Waals surface area contributed by atoms with Gasteiger partial charge in [0.15, 0.2) is 0 Å². The summed E-state index contributed by atoms with van der Waals surface area (Å²) in [5.74, 6) is 0.998. The third kappa shape index (κ3) is 1.62. The molecule has 0 atom stereocenters.